The van der Waals surface area contributed by atoms with Gasteiger partial charge in [0.25, 0.3) is 5.91 Å². The van der Waals surface area contributed by atoms with E-state index in [1.165, 1.54) is 0 Å². The number of nitrogens with one attached hydrogen (secondary N) is 1. The quantitative estimate of drug-likeness (QED) is 0.828. The van der Waals surface area contributed by atoms with E-state index in [0.717, 1.165) is 18.4 Å². The lowest BCUT2D eigenvalue weighted by Crippen LogP contribution is -2.46. The Balaban J connectivity index is 1.40. The molecule has 0 aromatic heterocycles. The maximum absolute atomic E-state index is 12.4. The van der Waals surface area contributed by atoms with Crippen LogP contribution >= 0.6 is 23.2 Å². The summed E-state index contributed by atoms with van der Waals surface area (Å²) in [4.78, 5) is 26.5. The molecule has 2 heterocycles. The van der Waals surface area contributed by atoms with E-state index in [4.69, 9.17) is 27.9 Å². The molecule has 1 unspecified atom stereocenters. The number of halogens is 2. The van der Waals surface area contributed by atoms with Gasteiger partial charge in [0.1, 0.15) is 6.10 Å². The smallest absolute Gasteiger partial charge is 0.251 e. The van der Waals surface area contributed by atoms with E-state index >= 15 is 0 Å². The maximum atomic E-state index is 12.4. The van der Waals surface area contributed by atoms with Crippen LogP contribution < -0.4 is 5.32 Å². The van der Waals surface area contributed by atoms with Crippen LogP contribution in [0.5, 0.6) is 0 Å². The molecule has 5 nitrogen and oxygen atoms in total. The fourth-order valence-corrected chi connectivity index (χ4v) is 4.03. The third kappa shape index (κ3) is 4.90. The summed E-state index contributed by atoms with van der Waals surface area (Å²) in [5.41, 5.74) is 0.966. The summed E-state index contributed by atoms with van der Waals surface area (Å²) in [5, 5.41) is 4.21. The second kappa shape index (κ2) is 9.07. The third-order valence-corrected chi connectivity index (χ3v) is 5.68. The molecule has 1 aromatic rings. The van der Waals surface area contributed by atoms with Gasteiger partial charge in [0.15, 0.2) is 0 Å². The van der Waals surface area contributed by atoms with Crippen LogP contribution in [-0.4, -0.2) is 49.1 Å². The number of hydrogen-bond donors (Lipinski definition) is 1. The van der Waals surface area contributed by atoms with Crippen molar-refractivity contribution in [2.45, 2.75) is 38.2 Å². The van der Waals surface area contributed by atoms with E-state index in [1.807, 2.05) is 11.0 Å². The van der Waals surface area contributed by atoms with Crippen LogP contribution in [0.3, 0.4) is 0 Å². The number of benzene rings is 1. The fraction of sp³-hybridized carbons (Fsp3) is 0.579. The number of amides is 2. The van der Waals surface area contributed by atoms with E-state index in [1.54, 1.807) is 12.1 Å². The highest BCUT2D eigenvalue weighted by Crippen LogP contribution is 2.23. The standard InChI is InChI=1S/C19H24Cl2N2O3/c20-15-4-3-13(16(21)12-15)5-8-22-18(24)14-6-9-23(10-7-14)19(25)17-2-1-11-26-17/h3-4,12,14,17H,1-2,5-11H2,(H,22,24). The van der Waals surface area contributed by atoms with Gasteiger partial charge in [-0.05, 0) is 49.8 Å². The Kier molecular flexibility index (Phi) is 6.79. The molecule has 2 amide bonds. The van der Waals surface area contributed by atoms with Crippen LogP contribution in [0.1, 0.15) is 31.2 Å². The van der Waals surface area contributed by atoms with E-state index in [2.05, 4.69) is 5.32 Å². The number of carbonyl (C=O) groups excluding carboxylic acids is 2. The summed E-state index contributed by atoms with van der Waals surface area (Å²) >= 11 is 12.0. The molecule has 3 rings (SSSR count). The Bertz CT molecular complexity index is 654. The van der Waals surface area contributed by atoms with Gasteiger partial charge in [-0.2, -0.15) is 0 Å². The van der Waals surface area contributed by atoms with Crippen LogP contribution in [0.15, 0.2) is 18.2 Å². The molecule has 7 heteroatoms. The minimum atomic E-state index is -0.274. The Morgan fingerprint density at radius 2 is 1.96 bits per heavy atom. The molecule has 1 aromatic carbocycles. The second-order valence-electron chi connectivity index (χ2n) is 6.88. The third-order valence-electron chi connectivity index (χ3n) is 5.09. The fourth-order valence-electron chi connectivity index (χ4n) is 3.53. The lowest BCUT2D eigenvalue weighted by atomic mass is 9.95. The first-order valence-electron chi connectivity index (χ1n) is 9.16. The van der Waals surface area contributed by atoms with Crippen molar-refractivity contribution >= 4 is 35.0 Å². The van der Waals surface area contributed by atoms with Crippen molar-refractivity contribution in [2.24, 2.45) is 5.92 Å². The molecular weight excluding hydrogens is 375 g/mol. The zero-order valence-electron chi connectivity index (χ0n) is 14.7. The zero-order chi connectivity index (χ0) is 18.5. The summed E-state index contributed by atoms with van der Waals surface area (Å²) < 4.78 is 5.46. The van der Waals surface area contributed by atoms with E-state index < -0.39 is 0 Å². The number of piperidine rings is 1. The molecule has 142 valence electrons. The minimum absolute atomic E-state index is 0.0377. The van der Waals surface area contributed by atoms with Crippen molar-refractivity contribution in [3.8, 4) is 0 Å². The zero-order valence-corrected chi connectivity index (χ0v) is 16.2. The van der Waals surface area contributed by atoms with Gasteiger partial charge in [0, 0.05) is 42.2 Å². The topological polar surface area (TPSA) is 58.6 Å². The summed E-state index contributed by atoms with van der Waals surface area (Å²) in [5.74, 6) is 0.0993. The molecular formula is C19H24Cl2N2O3. The maximum Gasteiger partial charge on any atom is 0.251 e. The monoisotopic (exact) mass is 398 g/mol. The first kappa shape index (κ1) is 19.5. The Labute approximate surface area is 164 Å². The van der Waals surface area contributed by atoms with Crippen LogP contribution in [-0.2, 0) is 20.7 Å². The average molecular weight is 399 g/mol. The van der Waals surface area contributed by atoms with Crippen LogP contribution in [0.2, 0.25) is 10.0 Å². The first-order valence-corrected chi connectivity index (χ1v) is 9.92. The van der Waals surface area contributed by atoms with Crippen molar-refractivity contribution < 1.29 is 14.3 Å². The number of hydrogen-bond acceptors (Lipinski definition) is 3. The highest BCUT2D eigenvalue weighted by molar-refractivity contribution is 6.35. The van der Waals surface area contributed by atoms with Gasteiger partial charge in [-0.3, -0.25) is 9.59 Å². The Morgan fingerprint density at radius 1 is 1.19 bits per heavy atom. The van der Waals surface area contributed by atoms with Crippen molar-refractivity contribution in [2.75, 3.05) is 26.2 Å². The van der Waals surface area contributed by atoms with Crippen molar-refractivity contribution in [3.05, 3.63) is 33.8 Å². The largest absolute Gasteiger partial charge is 0.368 e. The Hall–Kier alpha value is -1.30. The van der Waals surface area contributed by atoms with Gasteiger partial charge in [-0.1, -0.05) is 29.3 Å². The predicted molar refractivity (Wildman–Crippen MR) is 101 cm³/mol. The van der Waals surface area contributed by atoms with Gasteiger partial charge in [-0.15, -0.1) is 0 Å². The molecule has 2 fully saturated rings. The molecule has 2 saturated heterocycles. The van der Waals surface area contributed by atoms with E-state index in [0.29, 0.717) is 55.5 Å². The van der Waals surface area contributed by atoms with Crippen molar-refractivity contribution in [1.29, 1.82) is 0 Å². The van der Waals surface area contributed by atoms with Crippen LogP contribution in [0.4, 0.5) is 0 Å². The van der Waals surface area contributed by atoms with Gasteiger partial charge in [0.05, 0.1) is 0 Å². The molecule has 0 saturated carbocycles. The van der Waals surface area contributed by atoms with E-state index in [9.17, 15) is 9.59 Å². The lowest BCUT2D eigenvalue weighted by Gasteiger charge is -2.32. The molecule has 0 spiro atoms. The van der Waals surface area contributed by atoms with Gasteiger partial charge in [0.2, 0.25) is 5.91 Å². The lowest BCUT2D eigenvalue weighted by molar-refractivity contribution is -0.143. The molecule has 1 N–H and O–H groups in total. The van der Waals surface area contributed by atoms with Crippen LogP contribution in [0.25, 0.3) is 0 Å². The van der Waals surface area contributed by atoms with Crippen molar-refractivity contribution in [3.63, 3.8) is 0 Å². The van der Waals surface area contributed by atoms with Gasteiger partial charge < -0.3 is 15.0 Å². The number of rotatable bonds is 5. The minimum Gasteiger partial charge on any atom is -0.368 e. The van der Waals surface area contributed by atoms with Crippen LogP contribution in [0, 0.1) is 5.92 Å². The first-order chi connectivity index (χ1) is 12.5. The number of carbonyl (C=O) groups is 2. The second-order valence-corrected chi connectivity index (χ2v) is 7.72. The number of nitrogens with zero attached hydrogens (tertiary/aromatic N) is 1. The summed E-state index contributed by atoms with van der Waals surface area (Å²) in [6.45, 7) is 2.46. The summed E-state index contributed by atoms with van der Waals surface area (Å²) in [6.07, 6.45) is 3.56. The van der Waals surface area contributed by atoms with Crippen molar-refractivity contribution in [1.82, 2.24) is 10.2 Å². The molecule has 2 aliphatic rings. The molecule has 2 aliphatic heterocycles. The predicted octanol–water partition coefficient (Wildman–Crippen LogP) is 3.07. The molecule has 0 radical (unpaired) electrons. The van der Waals surface area contributed by atoms with Gasteiger partial charge >= 0.3 is 0 Å². The van der Waals surface area contributed by atoms with E-state index in [-0.39, 0.29) is 23.8 Å². The highest BCUT2D eigenvalue weighted by atomic mass is 35.5. The molecule has 0 bridgehead atoms. The number of ether oxygens (including phenoxy) is 1. The average Bonchev–Trinajstić information content (AvgIpc) is 3.17. The number of likely N-dealkylation sites (tertiary alicyclic amines) is 1. The normalized spacial score (nSPS) is 21.0. The molecule has 1 atom stereocenters. The van der Waals surface area contributed by atoms with Gasteiger partial charge in [-0.25, -0.2) is 0 Å². The SMILES string of the molecule is O=C(NCCc1ccc(Cl)cc1Cl)C1CCN(C(=O)C2CCCO2)CC1. The molecule has 26 heavy (non-hydrogen) atoms. The highest BCUT2D eigenvalue weighted by Gasteiger charge is 2.32. The summed E-state index contributed by atoms with van der Waals surface area (Å²) in [6, 6.07) is 5.39. The molecule has 0 aliphatic carbocycles. The Morgan fingerprint density at radius 3 is 2.62 bits per heavy atom. The summed E-state index contributed by atoms with van der Waals surface area (Å²) in [7, 11) is 0.